The van der Waals surface area contributed by atoms with Crippen molar-refractivity contribution >= 4 is 45.0 Å². The molecule has 0 atom stereocenters. The van der Waals surface area contributed by atoms with Gasteiger partial charge in [-0.25, -0.2) is 13.6 Å². The average molecular weight is 375 g/mol. The number of hydrogen-bond donors (Lipinski definition) is 3. The topological polar surface area (TPSA) is 101 Å². The van der Waals surface area contributed by atoms with Gasteiger partial charge in [-0.1, -0.05) is 29.8 Å². The van der Waals surface area contributed by atoms with Crippen LogP contribution in [-0.2, 0) is 14.8 Å². The van der Waals surface area contributed by atoms with Crippen LogP contribution in [0.3, 0.4) is 0 Å². The van der Waals surface area contributed by atoms with Crippen molar-refractivity contribution in [2.75, 3.05) is 5.32 Å². The number of carbonyl (C=O) groups excluding carboxylic acids is 1. The molecule has 0 bridgehead atoms. The molecule has 0 unspecified atom stereocenters. The molecule has 1 amide bonds. The number of hydrogen-bond acceptors (Lipinski definition) is 4. The van der Waals surface area contributed by atoms with Crippen LogP contribution in [0.25, 0.3) is 6.08 Å². The van der Waals surface area contributed by atoms with Gasteiger partial charge in [-0.2, -0.15) is 0 Å². The summed E-state index contributed by atoms with van der Waals surface area (Å²) in [6.07, 6.45) is 3.06. The van der Waals surface area contributed by atoms with Crippen molar-refractivity contribution in [1.29, 1.82) is 0 Å². The van der Waals surface area contributed by atoms with Crippen LogP contribution in [0.4, 0.5) is 5.69 Å². The van der Waals surface area contributed by atoms with Crippen LogP contribution in [0.5, 0.6) is 0 Å². The number of thiocarbonyl (C=S) groups is 1. The van der Waals surface area contributed by atoms with Gasteiger partial charge in [0.1, 0.15) is 0 Å². The van der Waals surface area contributed by atoms with Gasteiger partial charge in [0.15, 0.2) is 5.11 Å². The number of sulfonamides is 1. The molecule has 0 fully saturated rings. The van der Waals surface area contributed by atoms with E-state index < -0.39 is 10.0 Å². The van der Waals surface area contributed by atoms with Crippen molar-refractivity contribution in [3.63, 3.8) is 0 Å². The monoisotopic (exact) mass is 375 g/mol. The van der Waals surface area contributed by atoms with E-state index in [4.69, 9.17) is 17.4 Å². The van der Waals surface area contributed by atoms with Gasteiger partial charge in [-0.05, 0) is 55.0 Å². The molecule has 0 heterocycles. The molecule has 0 aliphatic rings. The van der Waals surface area contributed by atoms with E-state index in [-0.39, 0.29) is 15.9 Å². The summed E-state index contributed by atoms with van der Waals surface area (Å²) in [5, 5.41) is 10.4. The lowest BCUT2D eigenvalue weighted by Gasteiger charge is -2.08. The van der Waals surface area contributed by atoms with Crippen LogP contribution in [0.2, 0.25) is 0 Å². The summed E-state index contributed by atoms with van der Waals surface area (Å²) in [5.41, 5.74) is 2.57. The number of benzene rings is 2. The zero-order chi connectivity index (χ0) is 18.4. The van der Waals surface area contributed by atoms with Crippen molar-refractivity contribution < 1.29 is 13.2 Å². The number of rotatable bonds is 4. The Balaban J connectivity index is 1.91. The fourth-order valence-electron chi connectivity index (χ4n) is 1.89. The quantitative estimate of drug-likeness (QED) is 0.562. The lowest BCUT2D eigenvalue weighted by atomic mass is 10.1. The van der Waals surface area contributed by atoms with Gasteiger partial charge in [0.25, 0.3) is 0 Å². The van der Waals surface area contributed by atoms with Gasteiger partial charge in [-0.15, -0.1) is 0 Å². The highest BCUT2D eigenvalue weighted by Crippen LogP contribution is 2.12. The molecule has 0 spiro atoms. The van der Waals surface area contributed by atoms with Crippen molar-refractivity contribution in [2.45, 2.75) is 11.8 Å². The summed E-state index contributed by atoms with van der Waals surface area (Å²) in [6.45, 7) is 1.99. The van der Waals surface area contributed by atoms with Crippen molar-refractivity contribution in [1.82, 2.24) is 5.32 Å². The zero-order valence-corrected chi connectivity index (χ0v) is 15.0. The summed E-state index contributed by atoms with van der Waals surface area (Å²) in [7, 11) is -3.74. The van der Waals surface area contributed by atoms with Crippen LogP contribution < -0.4 is 15.8 Å². The summed E-state index contributed by atoms with van der Waals surface area (Å²) in [5.74, 6) is -0.376. The predicted molar refractivity (Wildman–Crippen MR) is 102 cm³/mol. The molecule has 130 valence electrons. The smallest absolute Gasteiger partial charge is 0.250 e. The van der Waals surface area contributed by atoms with E-state index in [9.17, 15) is 13.2 Å². The lowest BCUT2D eigenvalue weighted by Crippen LogP contribution is -2.32. The van der Waals surface area contributed by atoms with Crippen LogP contribution >= 0.6 is 12.2 Å². The first-order valence-corrected chi connectivity index (χ1v) is 9.19. The van der Waals surface area contributed by atoms with Gasteiger partial charge >= 0.3 is 0 Å². The summed E-state index contributed by atoms with van der Waals surface area (Å²) in [4.78, 5) is 11.8. The van der Waals surface area contributed by atoms with Crippen LogP contribution in [0, 0.1) is 6.92 Å². The molecule has 0 saturated carbocycles. The maximum Gasteiger partial charge on any atom is 0.250 e. The number of nitrogens with two attached hydrogens (primary N) is 1. The van der Waals surface area contributed by atoms with E-state index >= 15 is 0 Å². The number of nitrogens with one attached hydrogen (secondary N) is 2. The Morgan fingerprint density at radius 2 is 1.68 bits per heavy atom. The van der Waals surface area contributed by atoms with Gasteiger partial charge in [0, 0.05) is 11.8 Å². The minimum Gasteiger partial charge on any atom is -0.332 e. The molecular formula is C17H17N3O3S2. The molecule has 0 aromatic heterocycles. The lowest BCUT2D eigenvalue weighted by molar-refractivity contribution is -0.115. The number of anilines is 1. The molecule has 0 saturated heterocycles. The van der Waals surface area contributed by atoms with E-state index in [1.165, 1.54) is 30.3 Å². The third-order valence-corrected chi connectivity index (χ3v) is 4.32. The first kappa shape index (κ1) is 18.8. The Bertz CT molecular complexity index is 903. The van der Waals surface area contributed by atoms with Gasteiger partial charge in [0.2, 0.25) is 15.9 Å². The third-order valence-electron chi connectivity index (χ3n) is 3.18. The van der Waals surface area contributed by atoms with E-state index in [2.05, 4.69) is 10.6 Å². The molecule has 2 aromatic carbocycles. The maximum absolute atomic E-state index is 11.8. The van der Waals surface area contributed by atoms with Gasteiger partial charge in [-0.3, -0.25) is 10.1 Å². The largest absolute Gasteiger partial charge is 0.332 e. The highest BCUT2D eigenvalue weighted by atomic mass is 32.2. The number of aryl methyl sites for hydroxylation is 1. The van der Waals surface area contributed by atoms with Gasteiger partial charge < -0.3 is 5.32 Å². The molecule has 0 aliphatic carbocycles. The Kier molecular flexibility index (Phi) is 6.02. The molecule has 25 heavy (non-hydrogen) atoms. The van der Waals surface area contributed by atoms with Crippen LogP contribution in [0.15, 0.2) is 59.5 Å². The molecule has 2 rings (SSSR count). The fraction of sp³-hybridized carbons (Fsp3) is 0.0588. The second-order valence-electron chi connectivity index (χ2n) is 5.26. The van der Waals surface area contributed by atoms with Crippen LogP contribution in [-0.4, -0.2) is 19.4 Å². The minimum atomic E-state index is -3.74. The number of amides is 1. The third kappa shape index (κ3) is 6.11. The first-order chi connectivity index (χ1) is 11.7. The predicted octanol–water partition coefficient (Wildman–Crippen LogP) is 2.17. The Labute approximate surface area is 151 Å². The number of primary sulfonamides is 1. The highest BCUT2D eigenvalue weighted by molar-refractivity contribution is 7.89. The van der Waals surface area contributed by atoms with E-state index in [0.29, 0.717) is 5.69 Å². The second kappa shape index (κ2) is 8.02. The normalized spacial score (nSPS) is 11.3. The summed E-state index contributed by atoms with van der Waals surface area (Å²) < 4.78 is 22.4. The van der Waals surface area contributed by atoms with Crippen molar-refractivity contribution in [3.05, 3.63) is 65.7 Å². The second-order valence-corrected chi connectivity index (χ2v) is 7.23. The fourth-order valence-corrected chi connectivity index (χ4v) is 2.63. The zero-order valence-electron chi connectivity index (χ0n) is 13.4. The molecular weight excluding hydrogens is 358 g/mol. The molecule has 0 radical (unpaired) electrons. The SMILES string of the molecule is Cc1ccc(C=CC(=O)NC(=S)Nc2ccc(S(N)(=O)=O)cc2)cc1. The van der Waals surface area contributed by atoms with E-state index in [1.807, 2.05) is 31.2 Å². The minimum absolute atomic E-state index is 0.00552. The van der Waals surface area contributed by atoms with Gasteiger partial charge in [0.05, 0.1) is 4.90 Å². The van der Waals surface area contributed by atoms with E-state index in [1.54, 1.807) is 6.08 Å². The standard InChI is InChI=1S/C17H17N3O3S2/c1-12-2-4-13(5-3-12)6-11-16(21)20-17(24)19-14-7-9-15(10-8-14)25(18,22)23/h2-11H,1H3,(H2,18,22,23)(H2,19,20,21,24). The number of carbonyl (C=O) groups is 1. The van der Waals surface area contributed by atoms with E-state index in [0.717, 1.165) is 11.1 Å². The maximum atomic E-state index is 11.8. The summed E-state index contributed by atoms with van der Waals surface area (Å²) >= 11 is 5.05. The molecule has 6 nitrogen and oxygen atoms in total. The molecule has 2 aromatic rings. The molecule has 0 aliphatic heterocycles. The summed E-state index contributed by atoms with van der Waals surface area (Å²) in [6, 6.07) is 13.4. The van der Waals surface area contributed by atoms with Crippen molar-refractivity contribution in [2.24, 2.45) is 5.14 Å². The average Bonchev–Trinajstić information content (AvgIpc) is 2.54. The Morgan fingerprint density at radius 3 is 2.24 bits per heavy atom. The highest BCUT2D eigenvalue weighted by Gasteiger charge is 2.07. The van der Waals surface area contributed by atoms with Crippen molar-refractivity contribution in [3.8, 4) is 0 Å². The molecule has 8 heteroatoms. The Morgan fingerprint density at radius 1 is 1.08 bits per heavy atom. The van der Waals surface area contributed by atoms with Crippen LogP contribution in [0.1, 0.15) is 11.1 Å². The first-order valence-electron chi connectivity index (χ1n) is 7.23. The molecule has 4 N–H and O–H groups in total. The Hall–Kier alpha value is -2.55.